The predicted molar refractivity (Wildman–Crippen MR) is 117 cm³/mol. The lowest BCUT2D eigenvalue weighted by Crippen LogP contribution is -2.23. The standard InChI is InChI=1S/C24H26N2O5/c1-3-30-24(29)31-20-12-10-18(11-13-20)23(28)25-15-19-6-4-5-7-21(19)26-22(27)14-16(2)17-8-9-17/h4-7,10-14,17H,3,8-9,15H2,1-2H3,(H,25,28)(H,26,27)/b16-14+. The Morgan fingerprint density at radius 1 is 1.06 bits per heavy atom. The molecule has 0 heterocycles. The Kier molecular flexibility index (Phi) is 7.43. The molecule has 0 spiro atoms. The van der Waals surface area contributed by atoms with Crippen LogP contribution in [0.5, 0.6) is 5.75 Å². The molecule has 3 rings (SSSR count). The monoisotopic (exact) mass is 422 g/mol. The molecule has 1 saturated carbocycles. The van der Waals surface area contributed by atoms with Gasteiger partial charge >= 0.3 is 6.16 Å². The van der Waals surface area contributed by atoms with Gasteiger partial charge in [-0.15, -0.1) is 0 Å². The van der Waals surface area contributed by atoms with Gasteiger partial charge in [-0.05, 0) is 68.5 Å². The van der Waals surface area contributed by atoms with Gasteiger partial charge in [0.25, 0.3) is 5.91 Å². The average molecular weight is 422 g/mol. The van der Waals surface area contributed by atoms with Crippen molar-refractivity contribution in [2.24, 2.45) is 5.92 Å². The second kappa shape index (κ2) is 10.4. The number of amides is 2. The van der Waals surface area contributed by atoms with Crippen molar-refractivity contribution in [1.29, 1.82) is 0 Å². The number of carbonyl (C=O) groups excluding carboxylic acids is 3. The van der Waals surface area contributed by atoms with Crippen LogP contribution in [0.1, 0.15) is 42.6 Å². The first-order valence-electron chi connectivity index (χ1n) is 10.3. The Morgan fingerprint density at radius 2 is 1.77 bits per heavy atom. The van der Waals surface area contributed by atoms with Gasteiger partial charge in [0.05, 0.1) is 6.61 Å². The summed E-state index contributed by atoms with van der Waals surface area (Å²) < 4.78 is 9.69. The van der Waals surface area contributed by atoms with Crippen LogP contribution < -0.4 is 15.4 Å². The molecule has 2 aromatic carbocycles. The van der Waals surface area contributed by atoms with E-state index in [1.54, 1.807) is 31.2 Å². The lowest BCUT2D eigenvalue weighted by atomic mass is 10.1. The van der Waals surface area contributed by atoms with E-state index in [0.29, 0.717) is 17.2 Å². The lowest BCUT2D eigenvalue weighted by Gasteiger charge is -2.12. The smallest absolute Gasteiger partial charge is 0.434 e. The molecule has 2 amide bonds. The van der Waals surface area contributed by atoms with Crippen molar-refractivity contribution in [1.82, 2.24) is 5.32 Å². The summed E-state index contributed by atoms with van der Waals surface area (Å²) in [5.41, 5.74) is 2.97. The number of ether oxygens (including phenoxy) is 2. The molecule has 1 aliphatic rings. The first kappa shape index (κ1) is 22.1. The zero-order chi connectivity index (χ0) is 22.2. The van der Waals surface area contributed by atoms with Crippen molar-refractivity contribution >= 4 is 23.7 Å². The third-order valence-corrected chi connectivity index (χ3v) is 4.87. The zero-order valence-corrected chi connectivity index (χ0v) is 17.6. The van der Waals surface area contributed by atoms with Gasteiger partial charge in [-0.25, -0.2) is 4.79 Å². The summed E-state index contributed by atoms with van der Waals surface area (Å²) in [5, 5.41) is 5.74. The molecular weight excluding hydrogens is 396 g/mol. The Bertz CT molecular complexity index is 978. The molecule has 0 atom stereocenters. The van der Waals surface area contributed by atoms with Crippen LogP contribution in [-0.4, -0.2) is 24.6 Å². The maximum atomic E-state index is 12.5. The van der Waals surface area contributed by atoms with Crippen molar-refractivity contribution in [2.75, 3.05) is 11.9 Å². The Hall–Kier alpha value is -3.61. The second-order valence-corrected chi connectivity index (χ2v) is 7.30. The number of hydrogen-bond acceptors (Lipinski definition) is 5. The number of allylic oxidation sites excluding steroid dienone is 1. The van der Waals surface area contributed by atoms with Crippen LogP contribution >= 0.6 is 0 Å². The predicted octanol–water partition coefficient (Wildman–Crippen LogP) is 4.45. The Labute approximate surface area is 181 Å². The third-order valence-electron chi connectivity index (χ3n) is 4.87. The molecule has 1 aliphatic carbocycles. The molecule has 162 valence electrons. The van der Waals surface area contributed by atoms with E-state index in [-0.39, 0.29) is 30.7 Å². The van der Waals surface area contributed by atoms with E-state index in [4.69, 9.17) is 9.47 Å². The normalized spacial score (nSPS) is 13.3. The number of rotatable bonds is 8. The van der Waals surface area contributed by atoms with Gasteiger partial charge in [0.2, 0.25) is 5.91 Å². The first-order valence-corrected chi connectivity index (χ1v) is 10.3. The first-order chi connectivity index (χ1) is 15.0. The van der Waals surface area contributed by atoms with E-state index in [1.807, 2.05) is 25.1 Å². The van der Waals surface area contributed by atoms with Gasteiger partial charge in [-0.1, -0.05) is 23.8 Å². The summed E-state index contributed by atoms with van der Waals surface area (Å²) in [6.45, 7) is 4.13. The molecule has 31 heavy (non-hydrogen) atoms. The van der Waals surface area contributed by atoms with Crippen molar-refractivity contribution in [3.05, 3.63) is 71.3 Å². The molecule has 2 aromatic rings. The number of benzene rings is 2. The van der Waals surface area contributed by atoms with Crippen molar-refractivity contribution < 1.29 is 23.9 Å². The van der Waals surface area contributed by atoms with Gasteiger partial charge in [0.15, 0.2) is 0 Å². The van der Waals surface area contributed by atoms with E-state index >= 15 is 0 Å². The minimum Gasteiger partial charge on any atom is -0.434 e. The largest absolute Gasteiger partial charge is 0.513 e. The minimum atomic E-state index is -0.791. The highest BCUT2D eigenvalue weighted by Gasteiger charge is 2.23. The summed E-state index contributed by atoms with van der Waals surface area (Å²) in [7, 11) is 0. The molecule has 0 aromatic heterocycles. The summed E-state index contributed by atoms with van der Waals surface area (Å²) in [5.74, 6) is 0.376. The fourth-order valence-electron chi connectivity index (χ4n) is 3.02. The molecule has 2 N–H and O–H groups in total. The van der Waals surface area contributed by atoms with E-state index in [0.717, 1.165) is 24.0 Å². The fraction of sp³-hybridized carbons (Fsp3) is 0.292. The Morgan fingerprint density at radius 3 is 2.45 bits per heavy atom. The number of nitrogens with one attached hydrogen (secondary N) is 2. The van der Waals surface area contributed by atoms with Gasteiger partial charge in [-0.3, -0.25) is 9.59 Å². The maximum Gasteiger partial charge on any atom is 0.513 e. The van der Waals surface area contributed by atoms with E-state index in [9.17, 15) is 14.4 Å². The topological polar surface area (TPSA) is 93.7 Å². The van der Waals surface area contributed by atoms with Crippen LogP contribution in [0.3, 0.4) is 0 Å². The quantitative estimate of drug-likeness (QED) is 0.372. The number of hydrogen-bond donors (Lipinski definition) is 2. The van der Waals surface area contributed by atoms with Crippen LogP contribution in [0.15, 0.2) is 60.2 Å². The summed E-state index contributed by atoms with van der Waals surface area (Å²) in [6.07, 6.45) is 3.15. The van der Waals surface area contributed by atoms with Crippen molar-refractivity contribution in [3.63, 3.8) is 0 Å². The molecule has 7 heteroatoms. The van der Waals surface area contributed by atoms with E-state index in [2.05, 4.69) is 10.6 Å². The van der Waals surface area contributed by atoms with E-state index in [1.165, 1.54) is 12.1 Å². The highest BCUT2D eigenvalue weighted by Crippen LogP contribution is 2.35. The number of anilines is 1. The number of carbonyl (C=O) groups is 3. The summed E-state index contributed by atoms with van der Waals surface area (Å²) in [6, 6.07) is 13.5. The fourth-order valence-corrected chi connectivity index (χ4v) is 3.02. The zero-order valence-electron chi connectivity index (χ0n) is 17.6. The van der Waals surface area contributed by atoms with Crippen LogP contribution in [-0.2, 0) is 16.1 Å². The van der Waals surface area contributed by atoms with E-state index < -0.39 is 6.16 Å². The third kappa shape index (κ3) is 6.70. The number of para-hydroxylation sites is 1. The summed E-state index contributed by atoms with van der Waals surface area (Å²) in [4.78, 5) is 36.1. The molecule has 7 nitrogen and oxygen atoms in total. The molecule has 0 radical (unpaired) electrons. The van der Waals surface area contributed by atoms with Crippen LogP contribution in [0.4, 0.5) is 10.5 Å². The van der Waals surface area contributed by atoms with Gasteiger partial charge in [0, 0.05) is 23.9 Å². The van der Waals surface area contributed by atoms with Crippen LogP contribution in [0.25, 0.3) is 0 Å². The van der Waals surface area contributed by atoms with Crippen LogP contribution in [0, 0.1) is 5.92 Å². The summed E-state index contributed by atoms with van der Waals surface area (Å²) >= 11 is 0. The molecule has 0 bridgehead atoms. The van der Waals surface area contributed by atoms with Gasteiger partial charge < -0.3 is 20.1 Å². The van der Waals surface area contributed by atoms with Crippen molar-refractivity contribution in [2.45, 2.75) is 33.2 Å². The molecular formula is C24H26N2O5. The SMILES string of the molecule is CCOC(=O)Oc1ccc(C(=O)NCc2ccccc2NC(=O)/C=C(\C)C2CC2)cc1. The molecule has 0 aliphatic heterocycles. The van der Waals surface area contributed by atoms with Gasteiger partial charge in [0.1, 0.15) is 5.75 Å². The van der Waals surface area contributed by atoms with Crippen molar-refractivity contribution in [3.8, 4) is 5.75 Å². The van der Waals surface area contributed by atoms with Crippen LogP contribution in [0.2, 0.25) is 0 Å². The average Bonchev–Trinajstić information content (AvgIpc) is 3.59. The molecule has 1 fully saturated rings. The second-order valence-electron chi connectivity index (χ2n) is 7.30. The maximum absolute atomic E-state index is 12.5. The molecule has 0 unspecified atom stereocenters. The Balaban J connectivity index is 1.57. The molecule has 0 saturated heterocycles. The minimum absolute atomic E-state index is 0.166. The van der Waals surface area contributed by atoms with Gasteiger partial charge in [-0.2, -0.15) is 0 Å². The highest BCUT2D eigenvalue weighted by molar-refractivity contribution is 6.00. The lowest BCUT2D eigenvalue weighted by molar-refractivity contribution is -0.112. The highest BCUT2D eigenvalue weighted by atomic mass is 16.7.